The Morgan fingerprint density at radius 1 is 1.56 bits per heavy atom. The van der Waals surface area contributed by atoms with Gasteiger partial charge >= 0.3 is 0 Å². The van der Waals surface area contributed by atoms with Crippen molar-refractivity contribution in [2.24, 2.45) is 5.73 Å². The van der Waals surface area contributed by atoms with Gasteiger partial charge in [-0.3, -0.25) is 4.72 Å². The molecule has 1 unspecified atom stereocenters. The molecule has 0 aliphatic rings. The van der Waals surface area contributed by atoms with Gasteiger partial charge in [0.05, 0.1) is 4.99 Å². The summed E-state index contributed by atoms with van der Waals surface area (Å²) in [6, 6.07) is 6.39. The number of benzene rings is 1. The third-order valence-corrected chi connectivity index (χ3v) is 4.39. The maximum Gasteiger partial charge on any atom is 0.241 e. The van der Waals surface area contributed by atoms with Gasteiger partial charge in [0.2, 0.25) is 10.0 Å². The van der Waals surface area contributed by atoms with Crippen LogP contribution in [0.1, 0.15) is 6.92 Å². The highest BCUT2D eigenvalue weighted by Gasteiger charge is 2.23. The first-order valence-electron chi connectivity index (χ1n) is 4.39. The lowest BCUT2D eigenvalue weighted by atomic mass is 10.3. The average molecular weight is 279 g/mol. The van der Waals surface area contributed by atoms with Crippen molar-refractivity contribution in [1.29, 1.82) is 0 Å². The van der Waals surface area contributed by atoms with Gasteiger partial charge in [-0.05, 0) is 25.1 Å². The molecule has 4 nitrogen and oxygen atoms in total. The molecule has 16 heavy (non-hydrogen) atoms. The van der Waals surface area contributed by atoms with E-state index in [-0.39, 0.29) is 4.99 Å². The monoisotopic (exact) mass is 278 g/mol. The topological polar surface area (TPSA) is 72.2 Å². The predicted molar refractivity (Wildman–Crippen MR) is 70.2 cm³/mol. The van der Waals surface area contributed by atoms with E-state index in [1.807, 2.05) is 0 Å². The number of nitrogens with one attached hydrogen (secondary N) is 1. The zero-order valence-electron chi connectivity index (χ0n) is 8.48. The fraction of sp³-hybridized carbons (Fsp3) is 0.222. The maximum atomic E-state index is 11.7. The minimum Gasteiger partial charge on any atom is -0.392 e. The average Bonchev–Trinajstić information content (AvgIpc) is 2.15. The number of sulfonamides is 1. The molecule has 0 aromatic heterocycles. The van der Waals surface area contributed by atoms with E-state index in [0.29, 0.717) is 10.7 Å². The van der Waals surface area contributed by atoms with Crippen LogP contribution >= 0.6 is 23.8 Å². The van der Waals surface area contributed by atoms with Crippen LogP contribution in [0.5, 0.6) is 0 Å². The molecule has 0 heterocycles. The Hall–Kier alpha value is -0.850. The number of anilines is 1. The molecule has 88 valence electrons. The molecular formula is C9H11ClN2O2S2. The van der Waals surface area contributed by atoms with Crippen LogP contribution in [0, 0.1) is 0 Å². The smallest absolute Gasteiger partial charge is 0.241 e. The Balaban J connectivity index is 2.93. The molecule has 3 N–H and O–H groups in total. The van der Waals surface area contributed by atoms with Crippen molar-refractivity contribution in [3.05, 3.63) is 29.3 Å². The van der Waals surface area contributed by atoms with E-state index in [4.69, 9.17) is 17.3 Å². The Morgan fingerprint density at radius 2 is 2.19 bits per heavy atom. The molecule has 0 radical (unpaired) electrons. The van der Waals surface area contributed by atoms with Crippen molar-refractivity contribution >= 4 is 44.5 Å². The molecule has 0 saturated carbocycles. The second-order valence-electron chi connectivity index (χ2n) is 3.20. The van der Waals surface area contributed by atoms with Crippen molar-refractivity contribution in [3.63, 3.8) is 0 Å². The highest BCUT2D eigenvalue weighted by Crippen LogP contribution is 2.17. The highest BCUT2D eigenvalue weighted by molar-refractivity contribution is 7.95. The van der Waals surface area contributed by atoms with Gasteiger partial charge in [0.15, 0.2) is 0 Å². The van der Waals surface area contributed by atoms with Crippen molar-refractivity contribution in [1.82, 2.24) is 0 Å². The van der Waals surface area contributed by atoms with Crippen molar-refractivity contribution in [2.75, 3.05) is 4.72 Å². The lowest BCUT2D eigenvalue weighted by Gasteiger charge is -2.13. The Kier molecular flexibility index (Phi) is 4.12. The number of nitrogens with two attached hydrogens (primary N) is 1. The molecular weight excluding hydrogens is 268 g/mol. The first-order valence-corrected chi connectivity index (χ1v) is 6.72. The second kappa shape index (κ2) is 4.99. The van der Waals surface area contributed by atoms with Crippen molar-refractivity contribution in [3.8, 4) is 0 Å². The number of hydrogen-bond donors (Lipinski definition) is 2. The van der Waals surface area contributed by atoms with Crippen LogP contribution < -0.4 is 10.5 Å². The molecule has 1 rings (SSSR count). The van der Waals surface area contributed by atoms with Gasteiger partial charge in [-0.15, -0.1) is 0 Å². The number of hydrogen-bond acceptors (Lipinski definition) is 3. The third kappa shape index (κ3) is 3.33. The summed E-state index contributed by atoms with van der Waals surface area (Å²) in [4.78, 5) is -0.0745. The normalized spacial score (nSPS) is 13.1. The fourth-order valence-corrected chi connectivity index (χ4v) is 2.47. The van der Waals surface area contributed by atoms with Gasteiger partial charge in [0.25, 0.3) is 0 Å². The lowest BCUT2D eigenvalue weighted by Crippen LogP contribution is -2.35. The molecule has 0 aliphatic heterocycles. The van der Waals surface area contributed by atoms with E-state index in [9.17, 15) is 8.42 Å². The van der Waals surface area contributed by atoms with Crippen molar-refractivity contribution in [2.45, 2.75) is 12.2 Å². The van der Waals surface area contributed by atoms with Gasteiger partial charge in [0.1, 0.15) is 5.25 Å². The van der Waals surface area contributed by atoms with Gasteiger partial charge in [-0.2, -0.15) is 0 Å². The second-order valence-corrected chi connectivity index (χ2v) is 6.11. The summed E-state index contributed by atoms with van der Waals surface area (Å²) in [5.74, 6) is 0. The van der Waals surface area contributed by atoms with Gasteiger partial charge < -0.3 is 5.73 Å². The van der Waals surface area contributed by atoms with Crippen LogP contribution in [0.15, 0.2) is 24.3 Å². The summed E-state index contributed by atoms with van der Waals surface area (Å²) in [7, 11) is -3.60. The van der Waals surface area contributed by atoms with Crippen LogP contribution in [-0.4, -0.2) is 18.7 Å². The van der Waals surface area contributed by atoms with Gasteiger partial charge in [-0.25, -0.2) is 8.42 Å². The predicted octanol–water partition coefficient (Wildman–Crippen LogP) is 1.76. The van der Waals surface area contributed by atoms with Crippen LogP contribution in [0.3, 0.4) is 0 Å². The molecule has 0 spiro atoms. The minimum absolute atomic E-state index is 0.0745. The van der Waals surface area contributed by atoms with Crippen LogP contribution in [0.2, 0.25) is 5.02 Å². The summed E-state index contributed by atoms with van der Waals surface area (Å²) >= 11 is 10.4. The van der Waals surface area contributed by atoms with Crippen LogP contribution in [-0.2, 0) is 10.0 Å². The molecule has 0 aliphatic carbocycles. The molecule has 0 bridgehead atoms. The van der Waals surface area contributed by atoms with Gasteiger partial charge in [0, 0.05) is 10.7 Å². The molecule has 0 saturated heterocycles. The highest BCUT2D eigenvalue weighted by atomic mass is 35.5. The Labute approximate surface area is 105 Å². The zero-order chi connectivity index (χ0) is 12.3. The number of thiocarbonyl (C=S) groups is 1. The zero-order valence-corrected chi connectivity index (χ0v) is 10.9. The first kappa shape index (κ1) is 13.2. The lowest BCUT2D eigenvalue weighted by molar-refractivity contribution is 0.598. The minimum atomic E-state index is -3.60. The van der Waals surface area contributed by atoms with Crippen molar-refractivity contribution < 1.29 is 8.42 Å². The quantitative estimate of drug-likeness (QED) is 0.823. The molecule has 1 atom stereocenters. The first-order chi connectivity index (χ1) is 7.33. The van der Waals surface area contributed by atoms with Crippen LogP contribution in [0.25, 0.3) is 0 Å². The summed E-state index contributed by atoms with van der Waals surface area (Å²) < 4.78 is 25.8. The molecule has 1 aromatic carbocycles. The van der Waals surface area contributed by atoms with Crippen LogP contribution in [0.4, 0.5) is 5.69 Å². The molecule has 0 amide bonds. The van der Waals surface area contributed by atoms with Gasteiger partial charge in [-0.1, -0.05) is 29.9 Å². The Morgan fingerprint density at radius 3 is 2.69 bits per heavy atom. The number of halogens is 1. The van der Waals surface area contributed by atoms with E-state index in [1.54, 1.807) is 18.2 Å². The standard InChI is InChI=1S/C9H11ClN2O2S2/c1-6(9(11)15)16(13,14)12-8-4-2-3-7(10)5-8/h2-6,12H,1H3,(H2,11,15). The van der Waals surface area contributed by atoms with E-state index in [2.05, 4.69) is 16.9 Å². The SMILES string of the molecule is CC(C(N)=S)S(=O)(=O)Nc1cccc(Cl)c1. The largest absolute Gasteiger partial charge is 0.392 e. The van der Waals surface area contributed by atoms with E-state index < -0.39 is 15.3 Å². The molecule has 7 heteroatoms. The summed E-state index contributed by atoms with van der Waals surface area (Å²) in [5.41, 5.74) is 5.68. The summed E-state index contributed by atoms with van der Waals surface area (Å²) in [5, 5.41) is -0.482. The Bertz CT molecular complexity index is 502. The summed E-state index contributed by atoms with van der Waals surface area (Å²) in [6.07, 6.45) is 0. The maximum absolute atomic E-state index is 11.7. The fourth-order valence-electron chi connectivity index (χ4n) is 0.958. The van der Waals surface area contributed by atoms with E-state index in [1.165, 1.54) is 13.0 Å². The van der Waals surface area contributed by atoms with E-state index >= 15 is 0 Å². The van der Waals surface area contributed by atoms with E-state index in [0.717, 1.165) is 0 Å². The number of rotatable bonds is 4. The summed E-state index contributed by atoms with van der Waals surface area (Å²) in [6.45, 7) is 1.43. The molecule has 1 aromatic rings. The molecule has 0 fully saturated rings. The third-order valence-electron chi connectivity index (χ3n) is 1.95.